The van der Waals surface area contributed by atoms with Crippen LogP contribution in [-0.4, -0.2) is 131 Å². The Morgan fingerprint density at radius 1 is 1.02 bits per heavy atom. The van der Waals surface area contributed by atoms with Crippen molar-refractivity contribution in [3.8, 4) is 5.75 Å². The van der Waals surface area contributed by atoms with E-state index >= 15 is 0 Å². The van der Waals surface area contributed by atoms with Crippen molar-refractivity contribution < 1.29 is 23.6 Å². The van der Waals surface area contributed by atoms with Crippen LogP contribution in [-0.2, 0) is 26.3 Å². The molecule has 1 amide bonds. The maximum absolute atomic E-state index is 14.1. The normalized spacial score (nSPS) is 35.5. The van der Waals surface area contributed by atoms with Crippen LogP contribution in [0.25, 0.3) is 0 Å². The van der Waals surface area contributed by atoms with Crippen LogP contribution in [0.1, 0.15) is 93.6 Å². The molecule has 4 aliphatic heterocycles. The maximum atomic E-state index is 14.1. The first kappa shape index (κ1) is 41.1. The van der Waals surface area contributed by atoms with Crippen molar-refractivity contribution >= 4 is 44.6 Å². The number of aryl methyl sites for hydroxylation is 1. The van der Waals surface area contributed by atoms with E-state index in [9.17, 15) is 18.9 Å². The molecule has 0 radical (unpaired) electrons. The molecule has 1 unspecified atom stereocenters. The molecule has 0 aromatic heterocycles. The summed E-state index contributed by atoms with van der Waals surface area (Å²) in [5.41, 5.74) is 2.75. The van der Waals surface area contributed by atoms with E-state index < -0.39 is 15.3 Å². The molecular formula is C45H64ClN5O5S. The predicted octanol–water partition coefficient (Wildman–Crippen LogP) is 5.42. The third-order valence-corrected chi connectivity index (χ3v) is 17.4. The monoisotopic (exact) mass is 821 g/mol. The Hall–Kier alpha value is -2.67. The number of fused-ring (bicyclic) bond motifs is 5. The summed E-state index contributed by atoms with van der Waals surface area (Å²) in [5.74, 6) is 5.12. The smallest absolute Gasteiger partial charge is 0.262 e. The number of nitrogens with one attached hydrogen (secondary N) is 1. The molecule has 57 heavy (non-hydrogen) atoms. The van der Waals surface area contributed by atoms with Crippen molar-refractivity contribution in [1.82, 2.24) is 19.4 Å². The molecule has 1 spiro atoms. The number of aliphatic hydroxyl groups is 1. The average Bonchev–Trinajstić information content (AvgIpc) is 3.31. The van der Waals surface area contributed by atoms with E-state index in [0.717, 1.165) is 120 Å². The van der Waals surface area contributed by atoms with Gasteiger partial charge in [-0.15, -0.1) is 0 Å². The van der Waals surface area contributed by atoms with Gasteiger partial charge in [-0.1, -0.05) is 31.0 Å². The molecule has 10 nitrogen and oxygen atoms in total. The molecule has 8 rings (SSSR count). The van der Waals surface area contributed by atoms with Gasteiger partial charge < -0.3 is 19.6 Å². The largest absolute Gasteiger partial charge is 0.490 e. The minimum absolute atomic E-state index is 0.0387. The van der Waals surface area contributed by atoms with Gasteiger partial charge in [0, 0.05) is 99.2 Å². The number of piperazine rings is 2. The molecule has 1 saturated carbocycles. The second kappa shape index (κ2) is 16.4. The number of rotatable bonds is 5. The van der Waals surface area contributed by atoms with Crippen molar-refractivity contribution in [3.05, 3.63) is 58.1 Å². The van der Waals surface area contributed by atoms with Crippen molar-refractivity contribution in [3.63, 3.8) is 0 Å². The summed E-state index contributed by atoms with van der Waals surface area (Å²) >= 11 is 6.53. The minimum atomic E-state index is -2.97. The maximum Gasteiger partial charge on any atom is 0.262 e. The summed E-state index contributed by atoms with van der Waals surface area (Å²) < 4.78 is 23.7. The number of carbonyl (C=O) groups excluding carboxylic acids is 2. The van der Waals surface area contributed by atoms with E-state index in [2.05, 4.69) is 49.2 Å². The predicted molar refractivity (Wildman–Crippen MR) is 230 cm³/mol. The molecule has 2 aliphatic carbocycles. The van der Waals surface area contributed by atoms with Gasteiger partial charge in [0.15, 0.2) is 0 Å². The van der Waals surface area contributed by atoms with E-state index in [0.29, 0.717) is 37.6 Å². The third kappa shape index (κ3) is 8.53. The minimum Gasteiger partial charge on any atom is -0.490 e. The van der Waals surface area contributed by atoms with Crippen LogP contribution in [0.3, 0.4) is 0 Å². The number of halogens is 1. The molecule has 2 saturated heterocycles. The highest BCUT2D eigenvalue weighted by atomic mass is 35.5. The van der Waals surface area contributed by atoms with E-state index in [4.69, 9.17) is 16.3 Å². The molecule has 4 heterocycles. The fourth-order valence-corrected chi connectivity index (χ4v) is 12.9. The first-order chi connectivity index (χ1) is 27.2. The molecule has 8 atom stereocenters. The van der Waals surface area contributed by atoms with Crippen molar-refractivity contribution in [2.45, 2.75) is 101 Å². The highest BCUT2D eigenvalue weighted by Crippen LogP contribution is 2.49. The number of amides is 1. The summed E-state index contributed by atoms with van der Waals surface area (Å²) in [7, 11) is -2.97. The van der Waals surface area contributed by atoms with Gasteiger partial charge in [0.05, 0.1) is 27.6 Å². The van der Waals surface area contributed by atoms with Gasteiger partial charge in [0.2, 0.25) is 0 Å². The number of nitrogens with zero attached hydrogens (tertiary/aromatic N) is 4. The Bertz CT molecular complexity index is 1950. The summed E-state index contributed by atoms with van der Waals surface area (Å²) in [6.45, 7) is 15.0. The van der Waals surface area contributed by atoms with Crippen LogP contribution < -0.4 is 14.4 Å². The van der Waals surface area contributed by atoms with Gasteiger partial charge in [0.1, 0.15) is 11.5 Å². The summed E-state index contributed by atoms with van der Waals surface area (Å²) in [5, 5.41) is 13.6. The molecule has 2 N–H and O–H groups in total. The second-order valence-corrected chi connectivity index (χ2v) is 21.6. The van der Waals surface area contributed by atoms with Crippen LogP contribution in [0.2, 0.25) is 5.02 Å². The third-order valence-electron chi connectivity index (χ3n) is 14.9. The van der Waals surface area contributed by atoms with E-state index in [1.54, 1.807) is 13.0 Å². The summed E-state index contributed by atoms with van der Waals surface area (Å²) in [6, 6.07) is 12.3. The Labute approximate surface area is 345 Å². The Morgan fingerprint density at radius 2 is 1.81 bits per heavy atom. The Kier molecular flexibility index (Phi) is 11.8. The molecule has 312 valence electrons. The van der Waals surface area contributed by atoms with E-state index in [1.807, 2.05) is 25.1 Å². The van der Waals surface area contributed by atoms with Gasteiger partial charge >= 0.3 is 0 Å². The van der Waals surface area contributed by atoms with Crippen molar-refractivity contribution in [2.24, 2.45) is 17.8 Å². The zero-order valence-electron chi connectivity index (χ0n) is 34.4. The average molecular weight is 823 g/mol. The number of ketones is 1. The van der Waals surface area contributed by atoms with Gasteiger partial charge in [0.25, 0.3) is 5.91 Å². The topological polar surface area (TPSA) is 106 Å². The molecule has 3 fully saturated rings. The lowest BCUT2D eigenvalue weighted by atomic mass is 9.62. The van der Waals surface area contributed by atoms with Gasteiger partial charge in [-0.25, -0.2) is 4.21 Å². The fraction of sp³-hybridized carbons (Fsp3) is 0.667. The Morgan fingerprint density at radius 3 is 2.58 bits per heavy atom. The second-order valence-electron chi connectivity index (χ2n) is 18.7. The Balaban J connectivity index is 1.11. The molecule has 2 bridgehead atoms. The quantitative estimate of drug-likeness (QED) is 0.383. The fourth-order valence-electron chi connectivity index (χ4n) is 11.2. The van der Waals surface area contributed by atoms with E-state index in [-0.39, 0.29) is 40.1 Å². The highest BCUT2D eigenvalue weighted by Gasteiger charge is 2.50. The zero-order chi connectivity index (χ0) is 40.1. The molecule has 12 heteroatoms. The first-order valence-electron chi connectivity index (χ1n) is 21.6. The molecule has 2 aromatic rings. The molecule has 6 aliphatic rings. The lowest BCUT2D eigenvalue weighted by molar-refractivity contribution is -0.119. The van der Waals surface area contributed by atoms with Gasteiger partial charge in [-0.05, 0) is 124 Å². The van der Waals surface area contributed by atoms with Gasteiger partial charge in [-0.3, -0.25) is 24.1 Å². The summed E-state index contributed by atoms with van der Waals surface area (Å²) in [6.07, 6.45) is 7.90. The van der Waals surface area contributed by atoms with Crippen molar-refractivity contribution in [2.75, 3.05) is 77.0 Å². The first-order valence-corrected chi connectivity index (χ1v) is 23.8. The highest BCUT2D eigenvalue weighted by molar-refractivity contribution is 7.99. The number of hydrogen-bond donors (Lipinski definition) is 2. The molecule has 2 aromatic carbocycles. The number of carbonyl (C=O) groups is 2. The number of ether oxygens (including phenoxy) is 1. The lowest BCUT2D eigenvalue weighted by Gasteiger charge is -2.53. The van der Waals surface area contributed by atoms with Gasteiger partial charge in [-0.2, -0.15) is 0 Å². The van der Waals surface area contributed by atoms with Crippen molar-refractivity contribution in [1.29, 1.82) is 0 Å². The lowest BCUT2D eigenvalue weighted by Crippen LogP contribution is -2.64. The van der Waals surface area contributed by atoms with Crippen LogP contribution in [0, 0.1) is 17.8 Å². The number of hydrogen-bond acceptors (Lipinski definition) is 9. The van der Waals surface area contributed by atoms with Crippen LogP contribution in [0.15, 0.2) is 36.4 Å². The SMILES string of the molecule is C=S1(=O)NC(=O)c2ccc3c(c2)N(C[C@@H]2CC[C@H]2[C@](O)(CN2CCN4CCN(CCC(C)=O)C[C@@H]4C2)CCC[C@H](C)[C@H]1C)C[C@@]1(CCCc2cc(Cl)ccc21)CO3. The van der Waals surface area contributed by atoms with Crippen LogP contribution in [0.4, 0.5) is 5.69 Å². The summed E-state index contributed by atoms with van der Waals surface area (Å²) in [4.78, 5) is 35.6. The van der Waals surface area contributed by atoms with Crippen LogP contribution >= 0.6 is 11.6 Å². The number of β-amino-alcohol motifs (C(OH)–C–C–N with tert-alkyl or cyclic N) is 1. The number of anilines is 1. The number of Topliss-reactive ketones (excluding diaryl/α,β-unsaturated/α-hetero) is 1. The molecular weight excluding hydrogens is 758 g/mol. The zero-order valence-corrected chi connectivity index (χ0v) is 35.9. The number of benzene rings is 2. The standard InChI is InChI=1S/C45H64ClN5O5S/c1-31-7-5-17-45(54,29-49-20-22-50-21-19-48(18-15-32(2)52)26-38(50)27-49)40-12-9-36(40)25-51-28-44(16-6-8-34-23-37(46)11-13-39(34)44)30-56-42-14-10-35(24-41(42)51)43(53)47-57(4,55)33(31)3/h10-11,13-14,23-24,31,33,36,38,40,54H,4-9,12,15-22,25-30H2,1-3H3,(H,47,53,55)/t31-,33+,36-,38+,40+,44-,45+,57?/m0/s1. The van der Waals surface area contributed by atoms with E-state index in [1.165, 1.54) is 11.1 Å². The van der Waals surface area contributed by atoms with Crippen LogP contribution in [0.5, 0.6) is 5.75 Å².